The molecule has 2 aromatic rings. The summed E-state index contributed by atoms with van der Waals surface area (Å²) in [6, 6.07) is 5.83. The Bertz CT molecular complexity index is 904. The molecule has 26 heavy (non-hydrogen) atoms. The van der Waals surface area contributed by atoms with Crippen molar-refractivity contribution in [3.63, 3.8) is 0 Å². The molecule has 0 saturated heterocycles. The molecule has 1 aliphatic heterocycles. The first kappa shape index (κ1) is 17.9. The van der Waals surface area contributed by atoms with Crippen molar-refractivity contribution in [1.29, 1.82) is 0 Å². The number of imide groups is 1. The number of fused-ring (bicyclic) bond motifs is 1. The van der Waals surface area contributed by atoms with Gasteiger partial charge in [-0.2, -0.15) is 18.3 Å². The number of hydroxylamine groups is 2. The maximum Gasteiger partial charge on any atom is 0.436 e. The van der Waals surface area contributed by atoms with Crippen LogP contribution in [-0.4, -0.2) is 32.6 Å². The van der Waals surface area contributed by atoms with Gasteiger partial charge in [0.05, 0.1) is 21.8 Å². The van der Waals surface area contributed by atoms with E-state index in [1.807, 2.05) is 0 Å². The SMILES string of the molecule is Cc1c(Cl)c(C(F)(F)F)nn1CC(=O)ON1C(=O)c2ccccc2C1=O. The molecule has 0 fully saturated rings. The molecule has 2 heterocycles. The zero-order valence-corrected chi connectivity index (χ0v) is 13.8. The second kappa shape index (κ2) is 6.13. The van der Waals surface area contributed by atoms with Gasteiger partial charge in [0.2, 0.25) is 0 Å². The van der Waals surface area contributed by atoms with Gasteiger partial charge in [0.25, 0.3) is 11.8 Å². The molecule has 0 spiro atoms. The molecule has 0 N–H and O–H groups in total. The fraction of sp³-hybridized carbons (Fsp3) is 0.200. The molecule has 7 nitrogen and oxygen atoms in total. The predicted molar refractivity (Wildman–Crippen MR) is 80.0 cm³/mol. The summed E-state index contributed by atoms with van der Waals surface area (Å²) in [4.78, 5) is 40.9. The van der Waals surface area contributed by atoms with Crippen LogP contribution in [0.15, 0.2) is 24.3 Å². The first-order valence-electron chi connectivity index (χ1n) is 7.10. The third-order valence-electron chi connectivity index (χ3n) is 3.63. The molecule has 0 unspecified atom stereocenters. The van der Waals surface area contributed by atoms with E-state index in [0.717, 1.165) is 0 Å². The van der Waals surface area contributed by atoms with Crippen LogP contribution in [0.2, 0.25) is 5.02 Å². The molecular weight excluding hydrogens is 379 g/mol. The fourth-order valence-corrected chi connectivity index (χ4v) is 2.60. The van der Waals surface area contributed by atoms with E-state index in [1.54, 1.807) is 0 Å². The molecule has 0 atom stereocenters. The van der Waals surface area contributed by atoms with Crippen LogP contribution < -0.4 is 0 Å². The van der Waals surface area contributed by atoms with E-state index >= 15 is 0 Å². The van der Waals surface area contributed by atoms with Gasteiger partial charge in [-0.3, -0.25) is 14.3 Å². The van der Waals surface area contributed by atoms with Crippen LogP contribution in [-0.2, 0) is 22.4 Å². The van der Waals surface area contributed by atoms with Gasteiger partial charge in [0, 0.05) is 0 Å². The number of hydrogen-bond acceptors (Lipinski definition) is 5. The highest BCUT2D eigenvalue weighted by Crippen LogP contribution is 2.35. The summed E-state index contributed by atoms with van der Waals surface area (Å²) in [7, 11) is 0. The Morgan fingerprint density at radius 2 is 1.73 bits per heavy atom. The molecule has 0 saturated carbocycles. The quantitative estimate of drug-likeness (QED) is 0.756. The molecule has 1 aliphatic rings. The van der Waals surface area contributed by atoms with Crippen molar-refractivity contribution in [2.75, 3.05) is 0 Å². The van der Waals surface area contributed by atoms with Crippen LogP contribution in [0.25, 0.3) is 0 Å². The first-order chi connectivity index (χ1) is 12.1. The summed E-state index contributed by atoms with van der Waals surface area (Å²) in [5.74, 6) is -2.84. The number of carbonyl (C=O) groups excluding carboxylic acids is 3. The van der Waals surface area contributed by atoms with Crippen LogP contribution in [0.3, 0.4) is 0 Å². The van der Waals surface area contributed by atoms with Gasteiger partial charge in [-0.15, -0.1) is 0 Å². The van der Waals surface area contributed by atoms with E-state index in [1.165, 1.54) is 31.2 Å². The summed E-state index contributed by atoms with van der Waals surface area (Å²) in [6.45, 7) is 0.467. The van der Waals surface area contributed by atoms with Gasteiger partial charge >= 0.3 is 12.1 Å². The van der Waals surface area contributed by atoms with Crippen LogP contribution in [0.5, 0.6) is 0 Å². The average molecular weight is 388 g/mol. The number of nitrogens with zero attached hydrogens (tertiary/aromatic N) is 3. The Morgan fingerprint density at radius 1 is 1.19 bits per heavy atom. The Morgan fingerprint density at radius 3 is 2.19 bits per heavy atom. The molecule has 11 heteroatoms. The minimum absolute atomic E-state index is 0.0583. The zero-order valence-electron chi connectivity index (χ0n) is 13.0. The van der Waals surface area contributed by atoms with Gasteiger partial charge in [0.1, 0.15) is 6.54 Å². The first-order valence-corrected chi connectivity index (χ1v) is 7.47. The molecule has 0 bridgehead atoms. The highest BCUT2D eigenvalue weighted by molar-refractivity contribution is 6.32. The summed E-state index contributed by atoms with van der Waals surface area (Å²) < 4.78 is 39.0. The average Bonchev–Trinajstić information content (AvgIpc) is 2.98. The van der Waals surface area contributed by atoms with E-state index in [2.05, 4.69) is 5.10 Å². The van der Waals surface area contributed by atoms with Crippen molar-refractivity contribution in [2.24, 2.45) is 0 Å². The van der Waals surface area contributed by atoms with Crippen molar-refractivity contribution in [3.05, 3.63) is 51.8 Å². The lowest BCUT2D eigenvalue weighted by atomic mass is 10.1. The number of rotatable bonds is 3. The highest BCUT2D eigenvalue weighted by Gasteiger charge is 2.40. The lowest BCUT2D eigenvalue weighted by Crippen LogP contribution is -2.34. The van der Waals surface area contributed by atoms with Crippen molar-refractivity contribution < 1.29 is 32.4 Å². The lowest BCUT2D eigenvalue weighted by Gasteiger charge is -2.13. The van der Waals surface area contributed by atoms with E-state index in [0.29, 0.717) is 4.68 Å². The van der Waals surface area contributed by atoms with Crippen LogP contribution >= 0.6 is 11.6 Å². The van der Waals surface area contributed by atoms with Gasteiger partial charge in [-0.05, 0) is 19.1 Å². The minimum Gasteiger partial charge on any atom is -0.328 e. The van der Waals surface area contributed by atoms with Crippen molar-refractivity contribution >= 4 is 29.4 Å². The highest BCUT2D eigenvalue weighted by atomic mass is 35.5. The Balaban J connectivity index is 1.77. The Kier molecular flexibility index (Phi) is 4.23. The van der Waals surface area contributed by atoms with Gasteiger partial charge in [0.15, 0.2) is 5.69 Å². The number of hydrogen-bond donors (Lipinski definition) is 0. The van der Waals surface area contributed by atoms with E-state index in [-0.39, 0.29) is 21.9 Å². The molecule has 3 rings (SSSR count). The standard InChI is InChI=1S/C15H9ClF3N3O4/c1-7-11(16)12(15(17,18)19)20-21(7)6-10(23)26-22-13(24)8-4-2-3-5-9(8)14(22)25/h2-5H,6H2,1H3. The topological polar surface area (TPSA) is 81.5 Å². The molecule has 2 amide bonds. The maximum absolute atomic E-state index is 12.8. The number of carbonyl (C=O) groups is 3. The molecule has 0 radical (unpaired) electrons. The van der Waals surface area contributed by atoms with Gasteiger partial charge in [-0.25, -0.2) is 4.79 Å². The summed E-state index contributed by atoms with van der Waals surface area (Å²) in [6.07, 6.45) is -4.79. The van der Waals surface area contributed by atoms with Gasteiger partial charge in [-0.1, -0.05) is 28.8 Å². The fourth-order valence-electron chi connectivity index (χ4n) is 2.36. The molecule has 136 valence electrons. The number of amides is 2. The van der Waals surface area contributed by atoms with Gasteiger partial charge < -0.3 is 4.84 Å². The van der Waals surface area contributed by atoms with Crippen LogP contribution in [0.1, 0.15) is 32.1 Å². The van der Waals surface area contributed by atoms with E-state index in [4.69, 9.17) is 16.4 Å². The summed E-state index contributed by atoms with van der Waals surface area (Å²) in [5.41, 5.74) is -1.34. The molecular formula is C15H9ClF3N3O4. The largest absolute Gasteiger partial charge is 0.436 e. The smallest absolute Gasteiger partial charge is 0.328 e. The second-order valence-electron chi connectivity index (χ2n) is 5.32. The Labute approximate surface area is 148 Å². The lowest BCUT2D eigenvalue weighted by molar-refractivity contribution is -0.169. The summed E-state index contributed by atoms with van der Waals surface area (Å²) in [5, 5.41) is 2.86. The van der Waals surface area contributed by atoms with Crippen molar-refractivity contribution in [2.45, 2.75) is 19.6 Å². The minimum atomic E-state index is -4.79. The van der Waals surface area contributed by atoms with Crippen molar-refractivity contribution in [1.82, 2.24) is 14.8 Å². The normalized spacial score (nSPS) is 14.0. The number of benzene rings is 1. The monoisotopic (exact) mass is 387 g/mol. The van der Waals surface area contributed by atoms with Crippen LogP contribution in [0, 0.1) is 6.92 Å². The third-order valence-corrected chi connectivity index (χ3v) is 4.08. The number of aromatic nitrogens is 2. The third kappa shape index (κ3) is 2.92. The molecule has 0 aliphatic carbocycles. The summed E-state index contributed by atoms with van der Waals surface area (Å²) >= 11 is 5.59. The van der Waals surface area contributed by atoms with E-state index in [9.17, 15) is 27.6 Å². The Hall–Kier alpha value is -2.88. The maximum atomic E-state index is 12.8. The van der Waals surface area contributed by atoms with E-state index < -0.39 is 41.2 Å². The number of halogens is 4. The number of alkyl halides is 3. The predicted octanol–water partition coefficient (Wildman–Crippen LogP) is 2.62. The van der Waals surface area contributed by atoms with Crippen molar-refractivity contribution in [3.8, 4) is 0 Å². The molecule has 1 aromatic heterocycles. The molecule has 1 aromatic carbocycles. The zero-order chi connectivity index (χ0) is 19.2. The van der Waals surface area contributed by atoms with Crippen LogP contribution in [0.4, 0.5) is 13.2 Å². The second-order valence-corrected chi connectivity index (χ2v) is 5.69.